The van der Waals surface area contributed by atoms with E-state index >= 15 is 0 Å². The van der Waals surface area contributed by atoms with Gasteiger partial charge in [-0.25, -0.2) is 8.42 Å². The van der Waals surface area contributed by atoms with Gasteiger partial charge < -0.3 is 9.47 Å². The molecule has 134 valence electrons. The molecule has 0 heterocycles. The van der Waals surface area contributed by atoms with Crippen LogP contribution in [0.3, 0.4) is 0 Å². The zero-order valence-corrected chi connectivity index (χ0v) is 15.4. The topological polar surface area (TPSA) is 72.9 Å². The van der Waals surface area contributed by atoms with Crippen LogP contribution in [0.5, 0.6) is 0 Å². The number of methoxy groups -OCH3 is 2. The standard InChI is InChI=1S/C16H29NO5S/c1-15(2)13-5-6-16(15,14(18)11-13)12-23(19,20)17(7-9-21-3)8-10-22-4/h13H,5-12H2,1-4H3/t13-,16+/m1/s1. The number of carbonyl (C=O) groups excluding carboxylic acids is 1. The molecule has 0 aromatic rings. The quantitative estimate of drug-likeness (QED) is 0.629. The Bertz CT molecular complexity index is 537. The lowest BCUT2D eigenvalue weighted by Gasteiger charge is -2.37. The maximum absolute atomic E-state index is 13.0. The number of Topliss-reactive ketones (excluding diaryl/α,β-unsaturated/α-hetero) is 1. The Balaban J connectivity index is 2.22. The molecule has 2 aliphatic carbocycles. The molecule has 2 atom stereocenters. The highest BCUT2D eigenvalue weighted by molar-refractivity contribution is 7.89. The fourth-order valence-electron chi connectivity index (χ4n) is 4.29. The third-order valence-electron chi connectivity index (χ3n) is 6.05. The first kappa shape index (κ1) is 18.8. The molecule has 0 aliphatic heterocycles. The minimum atomic E-state index is -3.55. The number of hydrogen-bond donors (Lipinski definition) is 0. The van der Waals surface area contributed by atoms with Crippen molar-refractivity contribution in [3.63, 3.8) is 0 Å². The van der Waals surface area contributed by atoms with Gasteiger partial charge in [-0.15, -0.1) is 0 Å². The lowest BCUT2D eigenvalue weighted by atomic mass is 9.70. The van der Waals surface area contributed by atoms with Gasteiger partial charge in [-0.1, -0.05) is 13.8 Å². The molecule has 0 unspecified atom stereocenters. The van der Waals surface area contributed by atoms with Crippen molar-refractivity contribution in [1.82, 2.24) is 4.31 Å². The second-order valence-electron chi connectivity index (χ2n) is 7.31. The van der Waals surface area contributed by atoms with Gasteiger partial charge in [0.1, 0.15) is 5.78 Å². The van der Waals surface area contributed by atoms with Gasteiger partial charge in [0.2, 0.25) is 10.0 Å². The Morgan fingerprint density at radius 2 is 1.74 bits per heavy atom. The zero-order valence-electron chi connectivity index (χ0n) is 14.6. The summed E-state index contributed by atoms with van der Waals surface area (Å²) in [4.78, 5) is 12.6. The number of hydrogen-bond acceptors (Lipinski definition) is 5. The monoisotopic (exact) mass is 347 g/mol. The smallest absolute Gasteiger partial charge is 0.215 e. The van der Waals surface area contributed by atoms with Gasteiger partial charge >= 0.3 is 0 Å². The van der Waals surface area contributed by atoms with Crippen molar-refractivity contribution in [1.29, 1.82) is 0 Å². The lowest BCUT2D eigenvalue weighted by Crippen LogP contribution is -2.47. The van der Waals surface area contributed by atoms with Crippen molar-refractivity contribution in [2.75, 3.05) is 46.3 Å². The first-order valence-corrected chi connectivity index (χ1v) is 9.81. The first-order valence-electron chi connectivity index (χ1n) is 8.20. The molecule has 0 aromatic heterocycles. The maximum atomic E-state index is 13.0. The van der Waals surface area contributed by atoms with Crippen molar-refractivity contribution < 1.29 is 22.7 Å². The number of sulfonamides is 1. The van der Waals surface area contributed by atoms with E-state index in [9.17, 15) is 13.2 Å². The third kappa shape index (κ3) is 3.21. The molecule has 23 heavy (non-hydrogen) atoms. The van der Waals surface area contributed by atoms with Gasteiger partial charge in [-0.05, 0) is 24.2 Å². The Hall–Kier alpha value is -0.500. The van der Waals surface area contributed by atoms with Crippen molar-refractivity contribution in [2.45, 2.75) is 33.1 Å². The number of ether oxygens (including phenoxy) is 2. The Kier molecular flexibility index (Phi) is 5.55. The predicted octanol–water partition coefficient (Wildman–Crippen LogP) is 1.31. The summed E-state index contributed by atoms with van der Waals surface area (Å²) in [6.45, 7) is 5.35. The second-order valence-corrected chi connectivity index (χ2v) is 9.28. The van der Waals surface area contributed by atoms with Crippen LogP contribution in [-0.2, 0) is 24.3 Å². The van der Waals surface area contributed by atoms with E-state index in [2.05, 4.69) is 13.8 Å². The molecule has 0 aromatic carbocycles. The van der Waals surface area contributed by atoms with Crippen LogP contribution in [0, 0.1) is 16.7 Å². The molecule has 7 heteroatoms. The second kappa shape index (κ2) is 6.78. The zero-order chi connectivity index (χ0) is 17.3. The molecule has 2 aliphatic rings. The summed E-state index contributed by atoms with van der Waals surface area (Å²) >= 11 is 0. The van der Waals surface area contributed by atoms with Crippen LogP contribution in [-0.4, -0.2) is 64.8 Å². The van der Waals surface area contributed by atoms with Crippen LogP contribution in [0.1, 0.15) is 33.1 Å². The van der Waals surface area contributed by atoms with Crippen LogP contribution in [0.15, 0.2) is 0 Å². The van der Waals surface area contributed by atoms with Crippen LogP contribution < -0.4 is 0 Å². The normalized spacial score (nSPS) is 29.6. The van der Waals surface area contributed by atoms with Gasteiger partial charge in [0, 0.05) is 39.1 Å². The van der Waals surface area contributed by atoms with E-state index in [-0.39, 0.29) is 30.0 Å². The molecule has 0 saturated heterocycles. The summed E-state index contributed by atoms with van der Waals surface area (Å²) in [6.07, 6.45) is 2.16. The lowest BCUT2D eigenvalue weighted by molar-refractivity contribution is -0.128. The van der Waals surface area contributed by atoms with Gasteiger partial charge in [-0.3, -0.25) is 4.79 Å². The van der Waals surface area contributed by atoms with E-state index in [1.54, 1.807) is 14.2 Å². The molecule has 0 amide bonds. The summed E-state index contributed by atoms with van der Waals surface area (Å²) in [5, 5.41) is 0. The van der Waals surface area contributed by atoms with Gasteiger partial charge in [0.25, 0.3) is 0 Å². The average Bonchev–Trinajstić information content (AvgIpc) is 2.80. The minimum absolute atomic E-state index is 0.0875. The average molecular weight is 347 g/mol. The number of nitrogens with zero attached hydrogens (tertiary/aromatic N) is 1. The molecule has 0 radical (unpaired) electrons. The molecule has 2 fully saturated rings. The highest BCUT2D eigenvalue weighted by Crippen LogP contribution is 2.64. The Morgan fingerprint density at radius 1 is 1.17 bits per heavy atom. The number of ketones is 1. The highest BCUT2D eigenvalue weighted by atomic mass is 32.2. The molecule has 0 spiro atoms. The largest absolute Gasteiger partial charge is 0.383 e. The van der Waals surface area contributed by atoms with Gasteiger partial charge in [0.05, 0.1) is 19.0 Å². The van der Waals surface area contributed by atoms with E-state index in [0.717, 1.165) is 6.42 Å². The third-order valence-corrected chi connectivity index (χ3v) is 8.06. The molecule has 2 saturated carbocycles. The summed E-state index contributed by atoms with van der Waals surface area (Å²) in [6, 6.07) is 0. The molecular formula is C16H29NO5S. The molecular weight excluding hydrogens is 318 g/mol. The van der Waals surface area contributed by atoms with E-state index < -0.39 is 15.4 Å². The maximum Gasteiger partial charge on any atom is 0.215 e. The van der Waals surface area contributed by atoms with Gasteiger partial charge in [0.15, 0.2) is 0 Å². The Morgan fingerprint density at radius 3 is 2.13 bits per heavy atom. The fourth-order valence-corrected chi connectivity index (χ4v) is 6.48. The summed E-state index contributed by atoms with van der Waals surface area (Å²) in [5.74, 6) is 0.354. The molecule has 6 nitrogen and oxygen atoms in total. The van der Waals surface area contributed by atoms with Crippen molar-refractivity contribution in [2.24, 2.45) is 16.7 Å². The van der Waals surface area contributed by atoms with E-state index in [1.807, 2.05) is 0 Å². The van der Waals surface area contributed by atoms with E-state index in [4.69, 9.17) is 9.47 Å². The Labute approximate surface area is 139 Å². The van der Waals surface area contributed by atoms with Crippen LogP contribution >= 0.6 is 0 Å². The number of fused-ring (bicyclic) bond motifs is 2. The van der Waals surface area contributed by atoms with E-state index in [1.165, 1.54) is 4.31 Å². The number of carbonyl (C=O) groups is 1. The summed E-state index contributed by atoms with van der Waals surface area (Å²) in [7, 11) is -0.452. The SMILES string of the molecule is COCCN(CCOC)S(=O)(=O)C[C@@]12CC[C@H](CC1=O)C2(C)C. The van der Waals surface area contributed by atoms with Gasteiger partial charge in [-0.2, -0.15) is 4.31 Å². The van der Waals surface area contributed by atoms with Crippen LogP contribution in [0.25, 0.3) is 0 Å². The summed E-state index contributed by atoms with van der Waals surface area (Å²) < 4.78 is 37.4. The fraction of sp³-hybridized carbons (Fsp3) is 0.938. The van der Waals surface area contributed by atoms with E-state index in [0.29, 0.717) is 32.0 Å². The summed E-state index contributed by atoms with van der Waals surface area (Å²) in [5.41, 5.74) is -0.972. The molecule has 2 rings (SSSR count). The predicted molar refractivity (Wildman–Crippen MR) is 87.7 cm³/mol. The minimum Gasteiger partial charge on any atom is -0.383 e. The van der Waals surface area contributed by atoms with Crippen LogP contribution in [0.4, 0.5) is 0 Å². The highest BCUT2D eigenvalue weighted by Gasteiger charge is 2.65. The molecule has 2 bridgehead atoms. The van der Waals surface area contributed by atoms with Crippen molar-refractivity contribution in [3.05, 3.63) is 0 Å². The van der Waals surface area contributed by atoms with Crippen LogP contribution in [0.2, 0.25) is 0 Å². The first-order chi connectivity index (χ1) is 10.7. The van der Waals surface area contributed by atoms with Crippen molar-refractivity contribution in [3.8, 4) is 0 Å². The van der Waals surface area contributed by atoms with Crippen molar-refractivity contribution >= 4 is 15.8 Å². The number of rotatable bonds is 9. The molecule has 0 N–H and O–H groups in total.